The number of morpholine rings is 1. The Hall–Kier alpha value is -1.99. The van der Waals surface area contributed by atoms with Crippen LogP contribution >= 0.6 is 0 Å². The molecule has 0 spiro atoms. The van der Waals surface area contributed by atoms with Crippen molar-refractivity contribution in [3.8, 4) is 0 Å². The van der Waals surface area contributed by atoms with Crippen molar-refractivity contribution in [3.05, 3.63) is 30.1 Å². The normalized spacial score (nSPS) is 28.1. The van der Waals surface area contributed by atoms with Gasteiger partial charge in [-0.25, -0.2) is 0 Å². The largest absolute Gasteiger partial charge is 0.356 e. The van der Waals surface area contributed by atoms with Gasteiger partial charge in [0.2, 0.25) is 5.91 Å². The molecule has 1 aromatic rings. The van der Waals surface area contributed by atoms with Crippen molar-refractivity contribution < 1.29 is 14.3 Å². The molecule has 0 bridgehead atoms. The van der Waals surface area contributed by atoms with Gasteiger partial charge in [-0.3, -0.25) is 14.6 Å². The molecular weight excluding hydrogens is 308 g/mol. The van der Waals surface area contributed by atoms with Crippen molar-refractivity contribution in [2.75, 3.05) is 32.8 Å². The topological polar surface area (TPSA) is 74.8 Å². The smallest absolute Gasteiger partial charge is 0.254 e. The second-order valence-electron chi connectivity index (χ2n) is 6.57. The quantitative estimate of drug-likeness (QED) is 0.841. The fraction of sp³-hybridized carbons (Fsp3) is 0.588. The summed E-state index contributed by atoms with van der Waals surface area (Å²) in [7, 11) is 0. The molecule has 7 nitrogen and oxygen atoms in total. The predicted octanol–water partition coefficient (Wildman–Crippen LogP) is -0.0557. The number of hydrogen-bond acceptors (Lipinski definition) is 5. The maximum atomic E-state index is 13.0. The van der Waals surface area contributed by atoms with Crippen molar-refractivity contribution in [1.29, 1.82) is 0 Å². The van der Waals surface area contributed by atoms with E-state index < -0.39 is 6.10 Å². The Labute approximate surface area is 141 Å². The highest BCUT2D eigenvalue weighted by molar-refractivity contribution is 5.87. The third-order valence-corrected chi connectivity index (χ3v) is 4.90. The lowest BCUT2D eigenvalue weighted by atomic mass is 9.97. The van der Waals surface area contributed by atoms with E-state index in [0.717, 1.165) is 31.5 Å². The molecule has 128 valence electrons. The number of nitrogens with one attached hydrogen (secondary N) is 1. The first-order valence-electron chi connectivity index (χ1n) is 8.58. The summed E-state index contributed by atoms with van der Waals surface area (Å²) < 4.78 is 5.75. The van der Waals surface area contributed by atoms with Gasteiger partial charge in [0.25, 0.3) is 5.91 Å². The van der Waals surface area contributed by atoms with Crippen LogP contribution in [0.5, 0.6) is 0 Å². The van der Waals surface area contributed by atoms with E-state index in [1.54, 1.807) is 12.4 Å². The van der Waals surface area contributed by atoms with E-state index in [1.165, 1.54) is 0 Å². The summed E-state index contributed by atoms with van der Waals surface area (Å²) in [6, 6.07) is 3.61. The van der Waals surface area contributed by atoms with Gasteiger partial charge in [0.05, 0.1) is 6.04 Å². The van der Waals surface area contributed by atoms with Gasteiger partial charge < -0.3 is 19.9 Å². The second-order valence-corrected chi connectivity index (χ2v) is 6.57. The van der Waals surface area contributed by atoms with Crippen molar-refractivity contribution in [2.24, 2.45) is 0 Å². The molecular formula is C17H22N4O3. The third kappa shape index (κ3) is 2.89. The average molecular weight is 330 g/mol. The molecule has 2 atom stereocenters. The molecule has 2 amide bonds. The Morgan fingerprint density at radius 1 is 1.29 bits per heavy atom. The Kier molecular flexibility index (Phi) is 4.20. The van der Waals surface area contributed by atoms with Gasteiger partial charge in [-0.05, 0) is 24.5 Å². The Balaban J connectivity index is 1.65. The number of nitrogens with zero attached hydrogens (tertiary/aromatic N) is 3. The van der Waals surface area contributed by atoms with Gasteiger partial charge in [-0.2, -0.15) is 0 Å². The van der Waals surface area contributed by atoms with Gasteiger partial charge in [-0.1, -0.05) is 6.07 Å². The number of hydrogen-bond donors (Lipinski definition) is 1. The molecule has 24 heavy (non-hydrogen) atoms. The highest BCUT2D eigenvalue weighted by atomic mass is 16.5. The minimum Gasteiger partial charge on any atom is -0.356 e. The van der Waals surface area contributed by atoms with Gasteiger partial charge >= 0.3 is 0 Å². The zero-order valence-corrected chi connectivity index (χ0v) is 13.6. The van der Waals surface area contributed by atoms with Crippen LogP contribution in [0.3, 0.4) is 0 Å². The summed E-state index contributed by atoms with van der Waals surface area (Å²) in [5.41, 5.74) is 0.867. The third-order valence-electron chi connectivity index (χ3n) is 4.90. The second kappa shape index (κ2) is 6.49. The molecule has 3 aliphatic rings. The van der Waals surface area contributed by atoms with Gasteiger partial charge in [-0.15, -0.1) is 0 Å². The Morgan fingerprint density at radius 2 is 2.08 bits per heavy atom. The zero-order chi connectivity index (χ0) is 16.5. The van der Waals surface area contributed by atoms with Crippen LogP contribution in [0.15, 0.2) is 24.5 Å². The van der Waals surface area contributed by atoms with Crippen molar-refractivity contribution in [2.45, 2.75) is 31.0 Å². The molecule has 1 saturated carbocycles. The Bertz CT molecular complexity index is 614. The summed E-state index contributed by atoms with van der Waals surface area (Å²) in [4.78, 5) is 33.4. The summed E-state index contributed by atoms with van der Waals surface area (Å²) >= 11 is 0. The first-order chi connectivity index (χ1) is 11.8. The molecule has 1 aliphatic carbocycles. The molecule has 2 aliphatic heterocycles. The van der Waals surface area contributed by atoms with Crippen molar-refractivity contribution in [1.82, 2.24) is 20.1 Å². The average Bonchev–Trinajstić information content (AvgIpc) is 3.47. The van der Waals surface area contributed by atoms with E-state index in [2.05, 4.69) is 10.3 Å². The van der Waals surface area contributed by atoms with E-state index in [0.29, 0.717) is 13.1 Å². The van der Waals surface area contributed by atoms with Gasteiger partial charge in [0.1, 0.15) is 6.61 Å². The summed E-state index contributed by atoms with van der Waals surface area (Å²) in [5, 5.41) is 3.25. The lowest BCUT2D eigenvalue weighted by molar-refractivity contribution is -0.170. The predicted molar refractivity (Wildman–Crippen MR) is 86.0 cm³/mol. The SMILES string of the molecule is O=C([C@H]1OCC(=O)N(C2CC2)[C@@H]1c1cccnc1)N1CCNCC1. The number of carbonyl (C=O) groups is 2. The standard InChI is InChI=1S/C17H22N4O3/c22-14-11-24-16(17(23)20-8-6-18-7-9-20)15(21(14)13-3-4-13)12-2-1-5-19-10-12/h1-2,5,10,13,15-16,18H,3-4,6-9,11H2/t15-,16+/m1/s1. The van der Waals surface area contributed by atoms with Crippen molar-refractivity contribution in [3.63, 3.8) is 0 Å². The van der Waals surface area contributed by atoms with Crippen molar-refractivity contribution >= 4 is 11.8 Å². The summed E-state index contributed by atoms with van der Waals surface area (Å²) in [6.45, 7) is 2.92. The summed E-state index contributed by atoms with van der Waals surface area (Å²) in [5.74, 6) is -0.0563. The van der Waals surface area contributed by atoms with Crippen LogP contribution in [0.2, 0.25) is 0 Å². The maximum absolute atomic E-state index is 13.0. The number of aromatic nitrogens is 1. The van der Waals surface area contributed by atoms with Crippen LogP contribution in [-0.4, -0.2) is 71.5 Å². The van der Waals surface area contributed by atoms with E-state index in [4.69, 9.17) is 4.74 Å². The minimum atomic E-state index is -0.648. The lowest BCUT2D eigenvalue weighted by Crippen LogP contribution is -2.58. The first-order valence-corrected chi connectivity index (χ1v) is 8.58. The molecule has 7 heteroatoms. The van der Waals surface area contributed by atoms with Crippen LogP contribution in [0.25, 0.3) is 0 Å². The fourth-order valence-corrected chi connectivity index (χ4v) is 3.57. The number of piperazine rings is 1. The van der Waals surface area contributed by atoms with Crippen LogP contribution in [0, 0.1) is 0 Å². The number of rotatable bonds is 3. The molecule has 3 heterocycles. The number of ether oxygens (including phenoxy) is 1. The molecule has 0 unspecified atom stereocenters. The molecule has 2 saturated heterocycles. The summed E-state index contributed by atoms with van der Waals surface area (Å²) in [6.07, 6.45) is 4.78. The highest BCUT2D eigenvalue weighted by Crippen LogP contribution is 2.39. The molecule has 1 N–H and O–H groups in total. The van der Waals surface area contributed by atoms with E-state index >= 15 is 0 Å². The lowest BCUT2D eigenvalue weighted by Gasteiger charge is -2.42. The molecule has 4 rings (SSSR count). The van der Waals surface area contributed by atoms with E-state index in [1.807, 2.05) is 21.9 Å². The Morgan fingerprint density at radius 3 is 2.75 bits per heavy atom. The van der Waals surface area contributed by atoms with Crippen LogP contribution in [0.1, 0.15) is 24.4 Å². The molecule has 1 aromatic heterocycles. The van der Waals surface area contributed by atoms with E-state index in [-0.39, 0.29) is 30.5 Å². The monoisotopic (exact) mass is 330 g/mol. The van der Waals surface area contributed by atoms with Gasteiger partial charge in [0, 0.05) is 44.6 Å². The van der Waals surface area contributed by atoms with E-state index in [9.17, 15) is 9.59 Å². The fourth-order valence-electron chi connectivity index (χ4n) is 3.57. The maximum Gasteiger partial charge on any atom is 0.254 e. The van der Waals surface area contributed by atoms with Crippen LogP contribution < -0.4 is 5.32 Å². The van der Waals surface area contributed by atoms with Gasteiger partial charge in [0.15, 0.2) is 6.10 Å². The van der Waals surface area contributed by atoms with Crippen LogP contribution in [0.4, 0.5) is 0 Å². The molecule has 3 fully saturated rings. The molecule has 0 radical (unpaired) electrons. The first kappa shape index (κ1) is 15.5. The van der Waals surface area contributed by atoms with Crippen LogP contribution in [-0.2, 0) is 14.3 Å². The minimum absolute atomic E-state index is 0.0181. The number of carbonyl (C=O) groups excluding carboxylic acids is 2. The number of amides is 2. The highest BCUT2D eigenvalue weighted by Gasteiger charge is 2.48. The molecule has 0 aromatic carbocycles. The zero-order valence-electron chi connectivity index (χ0n) is 13.6. The number of pyridine rings is 1.